The minimum Gasteiger partial charge on any atom is -0.281 e. The number of pyridine rings is 1. The largest absolute Gasteiger partial charge is 0.281 e. The van der Waals surface area contributed by atoms with Crippen LogP contribution in [0.2, 0.25) is 0 Å². The molecular formula is C21H16FN3. The summed E-state index contributed by atoms with van der Waals surface area (Å²) in [6.07, 6.45) is 2.41. The molecule has 1 aliphatic rings. The Morgan fingerprint density at radius 3 is 2.88 bits per heavy atom. The van der Waals surface area contributed by atoms with Gasteiger partial charge in [-0.3, -0.25) is 9.98 Å². The number of hydrogen-bond donors (Lipinski definition) is 0. The number of rotatable bonds is 1. The molecule has 1 atom stereocenters. The maximum atomic E-state index is 13.9. The first-order chi connectivity index (χ1) is 12.1. The van der Waals surface area contributed by atoms with Gasteiger partial charge >= 0.3 is 0 Å². The number of nitriles is 1. The van der Waals surface area contributed by atoms with Gasteiger partial charge in [0.25, 0.3) is 0 Å². The average molecular weight is 329 g/mol. The molecule has 0 radical (unpaired) electrons. The molecule has 0 aliphatic carbocycles. The molecule has 1 aromatic heterocycles. The van der Waals surface area contributed by atoms with Gasteiger partial charge in [-0.05, 0) is 43.5 Å². The molecule has 1 unspecified atom stereocenters. The topological polar surface area (TPSA) is 49.0 Å². The Kier molecular flexibility index (Phi) is 3.58. The van der Waals surface area contributed by atoms with E-state index in [1.807, 2.05) is 38.1 Å². The lowest BCUT2D eigenvalue weighted by atomic mass is 9.86. The van der Waals surface area contributed by atoms with Gasteiger partial charge in [0.15, 0.2) is 0 Å². The van der Waals surface area contributed by atoms with Crippen molar-refractivity contribution >= 4 is 16.6 Å². The van der Waals surface area contributed by atoms with Gasteiger partial charge in [-0.15, -0.1) is 0 Å². The Hall–Kier alpha value is -3.06. The number of para-hydroxylation sites is 1. The van der Waals surface area contributed by atoms with E-state index >= 15 is 0 Å². The second kappa shape index (κ2) is 5.78. The molecule has 0 spiro atoms. The van der Waals surface area contributed by atoms with Gasteiger partial charge in [0.1, 0.15) is 11.3 Å². The van der Waals surface area contributed by atoms with Crippen LogP contribution >= 0.6 is 0 Å². The fourth-order valence-corrected chi connectivity index (χ4v) is 3.47. The molecule has 2 heterocycles. The Balaban J connectivity index is 1.94. The lowest BCUT2D eigenvalue weighted by Crippen LogP contribution is -2.21. The smallest absolute Gasteiger partial charge is 0.149 e. The first-order valence-electron chi connectivity index (χ1n) is 8.24. The predicted octanol–water partition coefficient (Wildman–Crippen LogP) is 4.34. The lowest BCUT2D eigenvalue weighted by Gasteiger charge is -2.23. The van der Waals surface area contributed by atoms with E-state index in [0.717, 1.165) is 45.3 Å². The molecule has 0 N–H and O–H groups in total. The van der Waals surface area contributed by atoms with Crippen LogP contribution in [-0.4, -0.2) is 16.7 Å². The van der Waals surface area contributed by atoms with Crippen molar-refractivity contribution in [3.05, 3.63) is 76.2 Å². The van der Waals surface area contributed by atoms with Crippen LogP contribution in [0.1, 0.15) is 34.7 Å². The molecule has 0 saturated heterocycles. The molecule has 4 rings (SSSR count). The van der Waals surface area contributed by atoms with Crippen molar-refractivity contribution in [1.29, 1.82) is 5.26 Å². The molecule has 3 aromatic rings. The summed E-state index contributed by atoms with van der Waals surface area (Å²) in [5, 5.41) is 10.3. The van der Waals surface area contributed by atoms with Crippen LogP contribution in [-0.2, 0) is 6.42 Å². The SMILES string of the molecule is Cc1ccc2c(c1C#N)CC(C)N=C2c1cnc2c(F)cccc2c1. The number of aryl methyl sites for hydroxylation is 1. The molecule has 0 saturated carbocycles. The quantitative estimate of drug-likeness (QED) is 0.667. The molecule has 1 aliphatic heterocycles. The van der Waals surface area contributed by atoms with Crippen LogP contribution in [0.5, 0.6) is 0 Å². The van der Waals surface area contributed by atoms with E-state index in [1.165, 1.54) is 6.07 Å². The Labute approximate surface area is 145 Å². The maximum Gasteiger partial charge on any atom is 0.149 e. The fraction of sp³-hybridized carbons (Fsp3) is 0.190. The van der Waals surface area contributed by atoms with E-state index in [-0.39, 0.29) is 11.9 Å². The van der Waals surface area contributed by atoms with Crippen LogP contribution in [0.15, 0.2) is 47.6 Å². The minimum absolute atomic E-state index is 0.0830. The van der Waals surface area contributed by atoms with Gasteiger partial charge in [0.05, 0.1) is 23.4 Å². The summed E-state index contributed by atoms with van der Waals surface area (Å²) < 4.78 is 13.9. The fourth-order valence-electron chi connectivity index (χ4n) is 3.47. The lowest BCUT2D eigenvalue weighted by molar-refractivity contribution is 0.637. The average Bonchev–Trinajstić information content (AvgIpc) is 2.61. The molecule has 0 amide bonds. The minimum atomic E-state index is -0.328. The van der Waals surface area contributed by atoms with Crippen molar-refractivity contribution in [3.63, 3.8) is 0 Å². The van der Waals surface area contributed by atoms with Gasteiger partial charge in [0, 0.05) is 22.7 Å². The summed E-state index contributed by atoms with van der Waals surface area (Å²) in [7, 11) is 0. The third-order valence-corrected chi connectivity index (χ3v) is 4.67. The van der Waals surface area contributed by atoms with Gasteiger partial charge in [-0.2, -0.15) is 5.26 Å². The highest BCUT2D eigenvalue weighted by atomic mass is 19.1. The highest BCUT2D eigenvalue weighted by Crippen LogP contribution is 2.29. The van der Waals surface area contributed by atoms with Crippen LogP contribution in [0.25, 0.3) is 10.9 Å². The van der Waals surface area contributed by atoms with Crippen molar-refractivity contribution in [3.8, 4) is 6.07 Å². The number of hydrogen-bond acceptors (Lipinski definition) is 3. The van der Waals surface area contributed by atoms with Gasteiger partial charge in [-0.1, -0.05) is 24.3 Å². The summed E-state index contributed by atoms with van der Waals surface area (Å²) in [6, 6.07) is 13.2. The summed E-state index contributed by atoms with van der Waals surface area (Å²) >= 11 is 0. The van der Waals surface area contributed by atoms with Crippen molar-refractivity contribution < 1.29 is 4.39 Å². The zero-order chi connectivity index (χ0) is 17.6. The molecule has 25 heavy (non-hydrogen) atoms. The van der Waals surface area contributed by atoms with Crippen molar-refractivity contribution in [2.45, 2.75) is 26.3 Å². The molecule has 0 fully saturated rings. The monoisotopic (exact) mass is 329 g/mol. The predicted molar refractivity (Wildman–Crippen MR) is 96.4 cm³/mol. The molecule has 4 heteroatoms. The number of benzene rings is 2. The molecule has 2 aromatic carbocycles. The third-order valence-electron chi connectivity index (χ3n) is 4.67. The summed E-state index contributed by atoms with van der Waals surface area (Å²) in [6.45, 7) is 4.00. The first-order valence-corrected chi connectivity index (χ1v) is 8.24. The standard InChI is InChI=1S/C21H16FN3/c1-12-6-7-16-17(18(12)10-23)8-13(2)25-20(16)15-9-14-4-3-5-19(22)21(14)24-11-15/h3-7,9,11,13H,8H2,1-2H3. The normalized spacial score (nSPS) is 16.2. The van der Waals surface area contributed by atoms with E-state index in [4.69, 9.17) is 4.99 Å². The molecule has 0 bridgehead atoms. The van der Waals surface area contributed by atoms with Gasteiger partial charge in [0.2, 0.25) is 0 Å². The maximum absolute atomic E-state index is 13.9. The van der Waals surface area contributed by atoms with Crippen molar-refractivity contribution in [2.24, 2.45) is 4.99 Å². The zero-order valence-electron chi connectivity index (χ0n) is 14.0. The van der Waals surface area contributed by atoms with E-state index in [0.29, 0.717) is 5.52 Å². The van der Waals surface area contributed by atoms with Crippen LogP contribution in [0.3, 0.4) is 0 Å². The van der Waals surface area contributed by atoms with Crippen molar-refractivity contribution in [2.75, 3.05) is 0 Å². The number of aliphatic imine (C=N–C) groups is 1. The zero-order valence-corrected chi connectivity index (χ0v) is 14.0. The molecule has 3 nitrogen and oxygen atoms in total. The Morgan fingerprint density at radius 2 is 2.08 bits per heavy atom. The first kappa shape index (κ1) is 15.5. The number of halogens is 1. The van der Waals surface area contributed by atoms with Crippen molar-refractivity contribution in [1.82, 2.24) is 4.98 Å². The van der Waals surface area contributed by atoms with E-state index in [9.17, 15) is 9.65 Å². The third kappa shape index (κ3) is 2.49. The highest BCUT2D eigenvalue weighted by Gasteiger charge is 2.23. The van der Waals surface area contributed by atoms with E-state index in [1.54, 1.807) is 12.3 Å². The second-order valence-electron chi connectivity index (χ2n) is 6.46. The summed E-state index contributed by atoms with van der Waals surface area (Å²) in [5.74, 6) is -0.328. The molecule has 122 valence electrons. The second-order valence-corrected chi connectivity index (χ2v) is 6.46. The van der Waals surface area contributed by atoms with E-state index < -0.39 is 0 Å². The van der Waals surface area contributed by atoms with Crippen LogP contribution in [0, 0.1) is 24.1 Å². The Morgan fingerprint density at radius 1 is 1.24 bits per heavy atom. The number of aromatic nitrogens is 1. The number of fused-ring (bicyclic) bond motifs is 2. The Bertz CT molecular complexity index is 1080. The summed E-state index contributed by atoms with van der Waals surface area (Å²) in [4.78, 5) is 9.09. The van der Waals surface area contributed by atoms with E-state index in [2.05, 4.69) is 11.1 Å². The molecular weight excluding hydrogens is 313 g/mol. The number of nitrogens with zero attached hydrogens (tertiary/aromatic N) is 3. The summed E-state index contributed by atoms with van der Waals surface area (Å²) in [5.41, 5.74) is 5.75. The van der Waals surface area contributed by atoms with Gasteiger partial charge in [-0.25, -0.2) is 4.39 Å². The van der Waals surface area contributed by atoms with Gasteiger partial charge < -0.3 is 0 Å². The van der Waals surface area contributed by atoms with Crippen LogP contribution < -0.4 is 0 Å². The van der Waals surface area contributed by atoms with Crippen LogP contribution in [0.4, 0.5) is 4.39 Å². The highest BCUT2D eigenvalue weighted by molar-refractivity contribution is 6.15.